The van der Waals surface area contributed by atoms with Crippen molar-refractivity contribution < 1.29 is 13.6 Å². The zero-order valence-corrected chi connectivity index (χ0v) is 6.65. The summed E-state index contributed by atoms with van der Waals surface area (Å²) in [7, 11) is 0. The Hall–Kier alpha value is -0.710. The number of hydrogen-bond acceptors (Lipinski definition) is 2. The van der Waals surface area contributed by atoms with Crippen LogP contribution >= 0.6 is 0 Å². The van der Waals surface area contributed by atoms with Gasteiger partial charge in [0.05, 0.1) is 0 Å². The van der Waals surface area contributed by atoms with Crippen molar-refractivity contribution in [2.75, 3.05) is 13.1 Å². The molecule has 1 amide bonds. The highest BCUT2D eigenvalue weighted by Gasteiger charge is 2.43. The van der Waals surface area contributed by atoms with Gasteiger partial charge in [0, 0.05) is 13.0 Å². The van der Waals surface area contributed by atoms with E-state index in [1.54, 1.807) is 0 Å². The van der Waals surface area contributed by atoms with Gasteiger partial charge in [-0.2, -0.15) is 0 Å². The molecule has 1 aliphatic rings. The molecule has 1 heterocycles. The Bertz CT molecular complexity index is 184. The van der Waals surface area contributed by atoms with E-state index in [0.29, 0.717) is 13.0 Å². The summed E-state index contributed by atoms with van der Waals surface area (Å²) in [6.07, 6.45) is 0.129. The highest BCUT2D eigenvalue weighted by Crippen LogP contribution is 2.30. The maximum atomic E-state index is 13.0. The minimum absolute atomic E-state index is 0.0116. The Labute approximate surface area is 69.3 Å². The van der Waals surface area contributed by atoms with Crippen molar-refractivity contribution >= 4 is 5.91 Å². The fourth-order valence-corrected chi connectivity index (χ4v) is 1.33. The Morgan fingerprint density at radius 2 is 2.25 bits per heavy atom. The average molecular weight is 178 g/mol. The number of amides is 1. The quantitative estimate of drug-likeness (QED) is 0.598. The smallest absolute Gasteiger partial charge is 0.260 e. The van der Waals surface area contributed by atoms with Crippen LogP contribution in [0.3, 0.4) is 0 Å². The first-order valence-corrected chi connectivity index (χ1v) is 3.92. The van der Waals surface area contributed by atoms with Gasteiger partial charge in [-0.05, 0) is 13.0 Å². The second-order valence-electron chi connectivity index (χ2n) is 3.02. The fraction of sp³-hybridized carbons (Fsp3) is 0.857. The van der Waals surface area contributed by atoms with E-state index in [2.05, 4.69) is 5.32 Å². The SMILES string of the molecule is NC(=O)C1CNCCCC1(F)F. The van der Waals surface area contributed by atoms with Crippen LogP contribution in [0.25, 0.3) is 0 Å². The summed E-state index contributed by atoms with van der Waals surface area (Å²) in [4.78, 5) is 10.6. The molecule has 1 saturated heterocycles. The molecule has 3 nitrogen and oxygen atoms in total. The lowest BCUT2D eigenvalue weighted by molar-refractivity contribution is -0.136. The van der Waals surface area contributed by atoms with Crippen molar-refractivity contribution in [2.45, 2.75) is 18.8 Å². The van der Waals surface area contributed by atoms with Crippen LogP contribution in [-0.2, 0) is 4.79 Å². The van der Waals surface area contributed by atoms with E-state index >= 15 is 0 Å². The first kappa shape index (κ1) is 9.38. The summed E-state index contributed by atoms with van der Waals surface area (Å²) in [6, 6.07) is 0. The number of nitrogens with two attached hydrogens (primary N) is 1. The Morgan fingerprint density at radius 3 is 2.83 bits per heavy atom. The zero-order chi connectivity index (χ0) is 9.19. The van der Waals surface area contributed by atoms with Crippen molar-refractivity contribution in [3.8, 4) is 0 Å². The molecule has 1 atom stereocenters. The molecule has 1 fully saturated rings. The summed E-state index contributed by atoms with van der Waals surface area (Å²) < 4.78 is 26.1. The van der Waals surface area contributed by atoms with E-state index in [9.17, 15) is 13.6 Å². The van der Waals surface area contributed by atoms with Gasteiger partial charge in [0.2, 0.25) is 5.91 Å². The molecule has 0 aromatic rings. The molecular formula is C7H12F2N2O. The topological polar surface area (TPSA) is 55.1 Å². The van der Waals surface area contributed by atoms with Crippen LogP contribution < -0.4 is 11.1 Å². The number of carbonyl (C=O) groups excluding carboxylic acids is 1. The minimum Gasteiger partial charge on any atom is -0.369 e. The molecule has 0 aromatic carbocycles. The zero-order valence-electron chi connectivity index (χ0n) is 6.65. The van der Waals surface area contributed by atoms with E-state index in [0.717, 1.165) is 0 Å². The molecule has 12 heavy (non-hydrogen) atoms. The standard InChI is InChI=1S/C7H12F2N2O/c8-7(9)2-1-3-11-4-5(7)6(10)12/h5,11H,1-4H2,(H2,10,12). The third-order valence-corrected chi connectivity index (χ3v) is 2.07. The fourth-order valence-electron chi connectivity index (χ4n) is 1.33. The molecule has 0 bridgehead atoms. The third kappa shape index (κ3) is 1.91. The highest BCUT2D eigenvalue weighted by atomic mass is 19.3. The van der Waals surface area contributed by atoms with Crippen LogP contribution in [0.5, 0.6) is 0 Å². The number of nitrogens with one attached hydrogen (secondary N) is 1. The normalized spacial score (nSPS) is 29.3. The van der Waals surface area contributed by atoms with E-state index < -0.39 is 17.7 Å². The van der Waals surface area contributed by atoms with Gasteiger partial charge in [-0.1, -0.05) is 0 Å². The number of primary amides is 1. The largest absolute Gasteiger partial charge is 0.369 e. The van der Waals surface area contributed by atoms with Crippen LogP contribution in [0, 0.1) is 5.92 Å². The number of carbonyl (C=O) groups is 1. The average Bonchev–Trinajstić information content (AvgIpc) is 2.09. The van der Waals surface area contributed by atoms with Crippen molar-refractivity contribution in [1.29, 1.82) is 0 Å². The highest BCUT2D eigenvalue weighted by molar-refractivity contribution is 5.78. The molecule has 0 spiro atoms. The maximum Gasteiger partial charge on any atom is 0.260 e. The van der Waals surface area contributed by atoms with E-state index in [1.165, 1.54) is 0 Å². The monoisotopic (exact) mass is 178 g/mol. The van der Waals surface area contributed by atoms with Crippen LogP contribution in [0.4, 0.5) is 8.78 Å². The van der Waals surface area contributed by atoms with Crippen molar-refractivity contribution in [3.05, 3.63) is 0 Å². The Morgan fingerprint density at radius 1 is 1.58 bits per heavy atom. The Balaban J connectivity index is 2.71. The summed E-state index contributed by atoms with van der Waals surface area (Å²) in [6.45, 7) is 0.516. The van der Waals surface area contributed by atoms with Crippen LogP contribution in [0.1, 0.15) is 12.8 Å². The maximum absolute atomic E-state index is 13.0. The molecule has 1 rings (SSSR count). The van der Waals surface area contributed by atoms with E-state index in [1.807, 2.05) is 0 Å². The van der Waals surface area contributed by atoms with Crippen LogP contribution in [0.15, 0.2) is 0 Å². The molecule has 70 valence electrons. The van der Waals surface area contributed by atoms with Gasteiger partial charge < -0.3 is 11.1 Å². The van der Waals surface area contributed by atoms with Crippen LogP contribution in [-0.4, -0.2) is 24.9 Å². The van der Waals surface area contributed by atoms with Gasteiger partial charge in [0.25, 0.3) is 5.92 Å². The molecule has 0 aliphatic carbocycles. The summed E-state index contributed by atoms with van der Waals surface area (Å²) in [5, 5.41) is 2.75. The lowest BCUT2D eigenvalue weighted by Crippen LogP contribution is -2.42. The minimum atomic E-state index is -2.94. The van der Waals surface area contributed by atoms with Crippen molar-refractivity contribution in [1.82, 2.24) is 5.32 Å². The Kier molecular flexibility index (Phi) is 2.62. The molecule has 1 unspecified atom stereocenters. The van der Waals surface area contributed by atoms with E-state index in [-0.39, 0.29) is 13.0 Å². The number of alkyl halides is 2. The van der Waals surface area contributed by atoms with Gasteiger partial charge in [-0.3, -0.25) is 4.79 Å². The molecule has 0 saturated carbocycles. The van der Waals surface area contributed by atoms with Gasteiger partial charge in [-0.15, -0.1) is 0 Å². The lowest BCUT2D eigenvalue weighted by atomic mass is 9.98. The van der Waals surface area contributed by atoms with Gasteiger partial charge in [-0.25, -0.2) is 8.78 Å². The molecule has 0 radical (unpaired) electrons. The molecule has 0 aromatic heterocycles. The lowest BCUT2D eigenvalue weighted by Gasteiger charge is -2.20. The second-order valence-corrected chi connectivity index (χ2v) is 3.02. The van der Waals surface area contributed by atoms with Crippen molar-refractivity contribution in [3.63, 3.8) is 0 Å². The molecule has 1 aliphatic heterocycles. The predicted molar refractivity (Wildman–Crippen MR) is 39.7 cm³/mol. The number of hydrogen-bond donors (Lipinski definition) is 2. The number of rotatable bonds is 1. The van der Waals surface area contributed by atoms with E-state index in [4.69, 9.17) is 5.73 Å². The van der Waals surface area contributed by atoms with Gasteiger partial charge in [0.1, 0.15) is 5.92 Å². The molecule has 3 N–H and O–H groups in total. The summed E-state index contributed by atoms with van der Waals surface area (Å²) in [5.74, 6) is -5.20. The summed E-state index contributed by atoms with van der Waals surface area (Å²) >= 11 is 0. The van der Waals surface area contributed by atoms with Crippen LogP contribution in [0.2, 0.25) is 0 Å². The van der Waals surface area contributed by atoms with Gasteiger partial charge >= 0.3 is 0 Å². The third-order valence-electron chi connectivity index (χ3n) is 2.07. The predicted octanol–water partition coefficient (Wildman–Crippen LogP) is 0.107. The first-order chi connectivity index (χ1) is 5.54. The molecular weight excluding hydrogens is 166 g/mol. The second kappa shape index (κ2) is 3.35. The van der Waals surface area contributed by atoms with Crippen molar-refractivity contribution in [2.24, 2.45) is 11.7 Å². The first-order valence-electron chi connectivity index (χ1n) is 3.92. The summed E-state index contributed by atoms with van der Waals surface area (Å²) in [5.41, 5.74) is 4.85. The number of halogens is 2. The molecule has 5 heteroatoms. The van der Waals surface area contributed by atoms with Gasteiger partial charge in [0.15, 0.2) is 0 Å².